The van der Waals surface area contributed by atoms with Crippen LogP contribution in [0.25, 0.3) is 6.08 Å². The molecule has 3 heteroatoms. The Morgan fingerprint density at radius 2 is 1.70 bits per heavy atom. The number of hydrogen-bond donors (Lipinski definition) is 1. The Morgan fingerprint density at radius 3 is 2.30 bits per heavy atom. The van der Waals surface area contributed by atoms with Gasteiger partial charge >= 0.3 is 0 Å². The molecule has 0 unspecified atom stereocenters. The zero-order valence-electron chi connectivity index (χ0n) is 12.1. The van der Waals surface area contributed by atoms with Gasteiger partial charge in [-0.2, -0.15) is 0 Å². The lowest BCUT2D eigenvalue weighted by atomic mass is 9.52. The molecule has 2 N–H and O–H groups in total. The molecule has 20 heavy (non-hydrogen) atoms. The van der Waals surface area contributed by atoms with Crippen LogP contribution in [0.1, 0.15) is 43.5 Å². The second kappa shape index (κ2) is 4.57. The number of rotatable bonds is 2. The Kier molecular flexibility index (Phi) is 2.83. The maximum atomic E-state index is 5.73. The third-order valence-electron chi connectivity index (χ3n) is 5.68. The van der Waals surface area contributed by atoms with Gasteiger partial charge in [0.05, 0.1) is 5.69 Å². The molecule has 0 spiro atoms. The lowest BCUT2D eigenvalue weighted by Crippen LogP contribution is -2.44. The normalized spacial score (nSPS) is 38.8. The molecular formula is C17H23N3. The molecule has 0 aliphatic heterocycles. The Hall–Kier alpha value is -1.38. The van der Waals surface area contributed by atoms with Crippen molar-refractivity contribution in [2.45, 2.75) is 39.0 Å². The van der Waals surface area contributed by atoms with Crippen LogP contribution in [0.15, 0.2) is 12.1 Å². The highest BCUT2D eigenvalue weighted by Gasteiger charge is 2.46. The molecule has 0 aromatic carbocycles. The van der Waals surface area contributed by atoms with Crippen molar-refractivity contribution in [3.05, 3.63) is 23.5 Å². The minimum atomic E-state index is 0.384. The van der Waals surface area contributed by atoms with E-state index < -0.39 is 0 Å². The Bertz CT molecular complexity index is 501. The van der Waals surface area contributed by atoms with Gasteiger partial charge in [-0.05, 0) is 80.8 Å². The molecule has 1 aromatic rings. The van der Waals surface area contributed by atoms with Gasteiger partial charge in [0.1, 0.15) is 0 Å². The standard InChI is InChI=1S/C17H23N3/c1-10-4-15(20-17(18)19-10)2-3-16-13-6-11-5-12(8-13)9-14(16)7-11/h2-4,11-14,16H,5-9H2,1H3,(H2,18,19,20)/b3-2+. The summed E-state index contributed by atoms with van der Waals surface area (Å²) in [6.45, 7) is 1.97. The van der Waals surface area contributed by atoms with E-state index in [1.54, 1.807) is 0 Å². The zero-order valence-corrected chi connectivity index (χ0v) is 12.1. The van der Waals surface area contributed by atoms with E-state index in [0.29, 0.717) is 5.95 Å². The SMILES string of the molecule is Cc1cc(/C=C/C2C3CC4CC(C3)CC2C4)nc(N)n1. The molecule has 0 atom stereocenters. The fraction of sp³-hybridized carbons (Fsp3) is 0.647. The maximum absolute atomic E-state index is 5.73. The predicted molar refractivity (Wildman–Crippen MR) is 80.8 cm³/mol. The number of allylic oxidation sites excluding steroid dienone is 1. The van der Waals surface area contributed by atoms with E-state index in [2.05, 4.69) is 22.1 Å². The first-order valence-electron chi connectivity index (χ1n) is 7.96. The first kappa shape index (κ1) is 12.4. The molecular weight excluding hydrogens is 246 g/mol. The highest BCUT2D eigenvalue weighted by Crippen LogP contribution is 2.56. The number of nitrogens with two attached hydrogens (primary N) is 1. The largest absolute Gasteiger partial charge is 0.368 e. The molecule has 4 aliphatic carbocycles. The van der Waals surface area contributed by atoms with E-state index in [9.17, 15) is 0 Å². The van der Waals surface area contributed by atoms with Gasteiger partial charge in [0.15, 0.2) is 0 Å². The average molecular weight is 269 g/mol. The quantitative estimate of drug-likeness (QED) is 0.894. The summed E-state index contributed by atoms with van der Waals surface area (Å²) in [7, 11) is 0. The molecule has 1 aromatic heterocycles. The number of aromatic nitrogens is 2. The van der Waals surface area contributed by atoms with E-state index in [-0.39, 0.29) is 0 Å². The number of nitrogens with zero attached hydrogens (tertiary/aromatic N) is 2. The highest BCUT2D eigenvalue weighted by molar-refractivity contribution is 5.47. The van der Waals surface area contributed by atoms with Crippen LogP contribution in [0.2, 0.25) is 0 Å². The van der Waals surface area contributed by atoms with Gasteiger partial charge in [0.25, 0.3) is 0 Å². The fourth-order valence-corrected chi connectivity index (χ4v) is 5.19. The van der Waals surface area contributed by atoms with Gasteiger partial charge in [0, 0.05) is 5.69 Å². The number of anilines is 1. The maximum Gasteiger partial charge on any atom is 0.220 e. The highest BCUT2D eigenvalue weighted by atomic mass is 15.0. The van der Waals surface area contributed by atoms with Crippen molar-refractivity contribution in [1.82, 2.24) is 9.97 Å². The zero-order chi connectivity index (χ0) is 13.7. The van der Waals surface area contributed by atoms with Gasteiger partial charge in [-0.15, -0.1) is 0 Å². The Labute approximate surface area is 120 Å². The minimum absolute atomic E-state index is 0.384. The molecule has 4 aliphatic rings. The third kappa shape index (κ3) is 2.13. The average Bonchev–Trinajstić information content (AvgIpc) is 2.35. The Balaban J connectivity index is 1.55. The summed E-state index contributed by atoms with van der Waals surface area (Å²) in [6.07, 6.45) is 12.0. The van der Waals surface area contributed by atoms with Crippen LogP contribution in [0.4, 0.5) is 5.95 Å². The van der Waals surface area contributed by atoms with E-state index in [4.69, 9.17) is 5.73 Å². The number of nitrogen functional groups attached to an aromatic ring is 1. The monoisotopic (exact) mass is 269 g/mol. The van der Waals surface area contributed by atoms with Crippen molar-refractivity contribution in [2.75, 3.05) is 5.73 Å². The molecule has 0 amide bonds. The van der Waals surface area contributed by atoms with Crippen molar-refractivity contribution in [3.63, 3.8) is 0 Å². The van der Waals surface area contributed by atoms with Crippen LogP contribution in [0.5, 0.6) is 0 Å². The van der Waals surface area contributed by atoms with E-state index >= 15 is 0 Å². The first-order valence-corrected chi connectivity index (χ1v) is 7.96. The molecule has 0 saturated heterocycles. The number of aryl methyl sites for hydroxylation is 1. The summed E-state index contributed by atoms with van der Waals surface area (Å²) in [5.41, 5.74) is 7.64. The van der Waals surface area contributed by atoms with Gasteiger partial charge < -0.3 is 5.73 Å². The van der Waals surface area contributed by atoms with Crippen molar-refractivity contribution < 1.29 is 0 Å². The molecule has 4 bridgehead atoms. The number of hydrogen-bond acceptors (Lipinski definition) is 3. The Morgan fingerprint density at radius 1 is 1.05 bits per heavy atom. The summed E-state index contributed by atoms with van der Waals surface area (Å²) in [5, 5.41) is 0. The van der Waals surface area contributed by atoms with Crippen LogP contribution >= 0.6 is 0 Å². The summed E-state index contributed by atoms with van der Waals surface area (Å²) in [4.78, 5) is 8.45. The van der Waals surface area contributed by atoms with Crippen molar-refractivity contribution in [2.24, 2.45) is 29.6 Å². The van der Waals surface area contributed by atoms with Crippen molar-refractivity contribution in [3.8, 4) is 0 Å². The first-order chi connectivity index (χ1) is 9.67. The molecule has 0 radical (unpaired) electrons. The van der Waals surface area contributed by atoms with E-state index in [0.717, 1.165) is 41.0 Å². The van der Waals surface area contributed by atoms with Crippen LogP contribution in [-0.4, -0.2) is 9.97 Å². The summed E-state index contributed by atoms with van der Waals surface area (Å²) >= 11 is 0. The van der Waals surface area contributed by atoms with Gasteiger partial charge in [-0.3, -0.25) is 0 Å². The topological polar surface area (TPSA) is 51.8 Å². The van der Waals surface area contributed by atoms with Gasteiger partial charge in [-0.1, -0.05) is 6.08 Å². The van der Waals surface area contributed by atoms with Crippen LogP contribution in [-0.2, 0) is 0 Å². The molecule has 3 nitrogen and oxygen atoms in total. The summed E-state index contributed by atoms with van der Waals surface area (Å²) < 4.78 is 0. The smallest absolute Gasteiger partial charge is 0.220 e. The second-order valence-electron chi connectivity index (χ2n) is 7.16. The van der Waals surface area contributed by atoms with Crippen molar-refractivity contribution in [1.29, 1.82) is 0 Å². The van der Waals surface area contributed by atoms with Crippen LogP contribution < -0.4 is 5.73 Å². The molecule has 106 valence electrons. The third-order valence-corrected chi connectivity index (χ3v) is 5.68. The molecule has 5 rings (SSSR count). The van der Waals surface area contributed by atoms with E-state index in [1.807, 2.05) is 13.0 Å². The van der Waals surface area contributed by atoms with Gasteiger partial charge in [0.2, 0.25) is 5.95 Å². The minimum Gasteiger partial charge on any atom is -0.368 e. The van der Waals surface area contributed by atoms with Crippen LogP contribution in [0.3, 0.4) is 0 Å². The fourth-order valence-electron chi connectivity index (χ4n) is 5.19. The van der Waals surface area contributed by atoms with Crippen molar-refractivity contribution >= 4 is 12.0 Å². The molecule has 4 saturated carbocycles. The van der Waals surface area contributed by atoms with E-state index in [1.165, 1.54) is 32.1 Å². The lowest BCUT2D eigenvalue weighted by molar-refractivity contribution is -0.0158. The lowest BCUT2D eigenvalue weighted by Gasteiger charge is -2.53. The second-order valence-corrected chi connectivity index (χ2v) is 7.16. The molecule has 1 heterocycles. The predicted octanol–water partition coefficient (Wildman–Crippen LogP) is 3.45. The summed E-state index contributed by atoms with van der Waals surface area (Å²) in [6, 6.07) is 2.02. The molecule has 4 fully saturated rings. The van der Waals surface area contributed by atoms with Crippen LogP contribution in [0, 0.1) is 36.5 Å². The summed E-state index contributed by atoms with van der Waals surface area (Å²) in [5.74, 6) is 5.11. The van der Waals surface area contributed by atoms with Gasteiger partial charge in [-0.25, -0.2) is 9.97 Å².